The van der Waals surface area contributed by atoms with Crippen LogP contribution >= 0.6 is 15.9 Å². The molecule has 0 aliphatic carbocycles. The number of nitrogens with zero attached hydrogens (tertiary/aromatic N) is 1. The molecule has 0 atom stereocenters. The van der Waals surface area contributed by atoms with Gasteiger partial charge in [-0.25, -0.2) is 0 Å². The SMILES string of the molecule is Nc1ccc(-c2ccncc2)cc1Br. The molecular formula is C11H9BrN2. The zero-order valence-electron chi connectivity index (χ0n) is 7.44. The molecule has 0 amide bonds. The number of hydrogen-bond donors (Lipinski definition) is 1. The van der Waals surface area contributed by atoms with E-state index in [-0.39, 0.29) is 0 Å². The van der Waals surface area contributed by atoms with Crippen molar-refractivity contribution >= 4 is 21.6 Å². The fraction of sp³-hybridized carbons (Fsp3) is 0. The first-order chi connectivity index (χ1) is 6.77. The molecule has 0 bridgehead atoms. The van der Waals surface area contributed by atoms with E-state index in [9.17, 15) is 0 Å². The molecule has 0 unspecified atom stereocenters. The second kappa shape index (κ2) is 3.80. The molecule has 0 fully saturated rings. The average Bonchev–Trinajstić information content (AvgIpc) is 2.23. The van der Waals surface area contributed by atoms with Crippen LogP contribution in [0.2, 0.25) is 0 Å². The summed E-state index contributed by atoms with van der Waals surface area (Å²) in [5.41, 5.74) is 8.73. The van der Waals surface area contributed by atoms with Crippen molar-refractivity contribution in [2.75, 3.05) is 5.73 Å². The van der Waals surface area contributed by atoms with Crippen molar-refractivity contribution in [1.29, 1.82) is 0 Å². The molecule has 2 aromatic rings. The van der Waals surface area contributed by atoms with Gasteiger partial charge in [0.05, 0.1) is 0 Å². The Hall–Kier alpha value is -1.35. The first-order valence-corrected chi connectivity index (χ1v) is 5.02. The molecule has 0 aliphatic rings. The minimum absolute atomic E-state index is 0.753. The van der Waals surface area contributed by atoms with Gasteiger partial charge in [0.15, 0.2) is 0 Å². The summed E-state index contributed by atoms with van der Waals surface area (Å²) in [6.45, 7) is 0. The molecule has 0 saturated heterocycles. The van der Waals surface area contributed by atoms with Gasteiger partial charge in [-0.3, -0.25) is 4.98 Å². The Balaban J connectivity index is 2.48. The van der Waals surface area contributed by atoms with Crippen molar-refractivity contribution in [3.8, 4) is 11.1 Å². The van der Waals surface area contributed by atoms with Crippen molar-refractivity contribution in [2.24, 2.45) is 0 Å². The van der Waals surface area contributed by atoms with Crippen LogP contribution < -0.4 is 5.73 Å². The van der Waals surface area contributed by atoms with Crippen LogP contribution in [0.5, 0.6) is 0 Å². The molecule has 2 nitrogen and oxygen atoms in total. The van der Waals surface area contributed by atoms with Crippen LogP contribution in [-0.2, 0) is 0 Å². The highest BCUT2D eigenvalue weighted by Crippen LogP contribution is 2.26. The fourth-order valence-electron chi connectivity index (χ4n) is 1.25. The molecule has 70 valence electrons. The van der Waals surface area contributed by atoms with Crippen LogP contribution in [0.15, 0.2) is 47.2 Å². The lowest BCUT2D eigenvalue weighted by molar-refractivity contribution is 1.33. The summed E-state index contributed by atoms with van der Waals surface area (Å²) in [4.78, 5) is 3.97. The highest BCUT2D eigenvalue weighted by atomic mass is 79.9. The Bertz CT molecular complexity index is 440. The van der Waals surface area contributed by atoms with E-state index in [1.807, 2.05) is 30.3 Å². The second-order valence-corrected chi connectivity index (χ2v) is 3.83. The maximum atomic E-state index is 5.71. The van der Waals surface area contributed by atoms with E-state index in [1.54, 1.807) is 12.4 Å². The van der Waals surface area contributed by atoms with Crippen LogP contribution in [0.1, 0.15) is 0 Å². The number of anilines is 1. The van der Waals surface area contributed by atoms with E-state index in [0.29, 0.717) is 0 Å². The average molecular weight is 249 g/mol. The number of hydrogen-bond acceptors (Lipinski definition) is 2. The summed E-state index contributed by atoms with van der Waals surface area (Å²) >= 11 is 3.40. The van der Waals surface area contributed by atoms with Gasteiger partial charge in [-0.2, -0.15) is 0 Å². The molecule has 1 aromatic carbocycles. The van der Waals surface area contributed by atoms with E-state index in [1.165, 1.54) is 0 Å². The largest absolute Gasteiger partial charge is 0.398 e. The van der Waals surface area contributed by atoms with Gasteiger partial charge in [0, 0.05) is 22.6 Å². The summed E-state index contributed by atoms with van der Waals surface area (Å²) in [6, 6.07) is 9.83. The number of pyridine rings is 1. The number of nitrogen functional groups attached to an aromatic ring is 1. The van der Waals surface area contributed by atoms with E-state index < -0.39 is 0 Å². The fourth-order valence-corrected chi connectivity index (χ4v) is 1.63. The Kier molecular flexibility index (Phi) is 2.50. The Morgan fingerprint density at radius 3 is 2.36 bits per heavy atom. The Labute approximate surface area is 90.9 Å². The Morgan fingerprint density at radius 2 is 1.71 bits per heavy atom. The molecule has 0 saturated carbocycles. The van der Waals surface area contributed by atoms with Crippen LogP contribution in [0.4, 0.5) is 5.69 Å². The van der Waals surface area contributed by atoms with Crippen molar-refractivity contribution in [3.63, 3.8) is 0 Å². The van der Waals surface area contributed by atoms with Crippen LogP contribution in [-0.4, -0.2) is 4.98 Å². The highest BCUT2D eigenvalue weighted by Gasteiger charge is 1.99. The van der Waals surface area contributed by atoms with Crippen molar-refractivity contribution in [2.45, 2.75) is 0 Å². The third-order valence-electron chi connectivity index (χ3n) is 2.01. The predicted octanol–water partition coefficient (Wildman–Crippen LogP) is 3.09. The molecule has 3 heteroatoms. The zero-order chi connectivity index (χ0) is 9.97. The van der Waals surface area contributed by atoms with Crippen LogP contribution in [0.3, 0.4) is 0 Å². The van der Waals surface area contributed by atoms with E-state index in [2.05, 4.69) is 20.9 Å². The maximum Gasteiger partial charge on any atom is 0.0458 e. The number of benzene rings is 1. The van der Waals surface area contributed by atoms with Gasteiger partial charge >= 0.3 is 0 Å². The molecule has 0 spiro atoms. The van der Waals surface area contributed by atoms with Gasteiger partial charge in [0.25, 0.3) is 0 Å². The third-order valence-corrected chi connectivity index (χ3v) is 2.70. The van der Waals surface area contributed by atoms with Gasteiger partial charge in [-0.1, -0.05) is 6.07 Å². The lowest BCUT2D eigenvalue weighted by atomic mass is 10.1. The lowest BCUT2D eigenvalue weighted by Gasteiger charge is -2.03. The van der Waals surface area contributed by atoms with Gasteiger partial charge in [-0.05, 0) is 51.3 Å². The van der Waals surface area contributed by atoms with Crippen LogP contribution in [0, 0.1) is 0 Å². The molecule has 1 heterocycles. The first kappa shape index (κ1) is 9.21. The lowest BCUT2D eigenvalue weighted by Crippen LogP contribution is -1.86. The summed E-state index contributed by atoms with van der Waals surface area (Å²) in [5.74, 6) is 0. The molecule has 0 aliphatic heterocycles. The minimum Gasteiger partial charge on any atom is -0.398 e. The van der Waals surface area contributed by atoms with Crippen molar-refractivity contribution in [1.82, 2.24) is 4.98 Å². The second-order valence-electron chi connectivity index (χ2n) is 2.97. The summed E-state index contributed by atoms with van der Waals surface area (Å²) in [5, 5.41) is 0. The molecule has 2 rings (SSSR count). The van der Waals surface area contributed by atoms with Gasteiger partial charge < -0.3 is 5.73 Å². The number of rotatable bonds is 1. The normalized spacial score (nSPS) is 10.1. The molecule has 14 heavy (non-hydrogen) atoms. The summed E-state index contributed by atoms with van der Waals surface area (Å²) in [7, 11) is 0. The minimum atomic E-state index is 0.753. The smallest absolute Gasteiger partial charge is 0.0458 e. The van der Waals surface area contributed by atoms with Gasteiger partial charge in [0.2, 0.25) is 0 Å². The quantitative estimate of drug-likeness (QED) is 0.788. The topological polar surface area (TPSA) is 38.9 Å². The molecule has 1 aromatic heterocycles. The maximum absolute atomic E-state index is 5.71. The van der Waals surface area contributed by atoms with E-state index in [4.69, 9.17) is 5.73 Å². The molecule has 0 radical (unpaired) electrons. The highest BCUT2D eigenvalue weighted by molar-refractivity contribution is 9.10. The Morgan fingerprint density at radius 1 is 1.00 bits per heavy atom. The molecule has 2 N–H and O–H groups in total. The van der Waals surface area contributed by atoms with Gasteiger partial charge in [-0.15, -0.1) is 0 Å². The van der Waals surface area contributed by atoms with Crippen molar-refractivity contribution in [3.05, 3.63) is 47.2 Å². The van der Waals surface area contributed by atoms with E-state index >= 15 is 0 Å². The zero-order valence-corrected chi connectivity index (χ0v) is 9.03. The summed E-state index contributed by atoms with van der Waals surface area (Å²) in [6.07, 6.45) is 3.55. The number of aromatic nitrogens is 1. The van der Waals surface area contributed by atoms with Gasteiger partial charge in [0.1, 0.15) is 0 Å². The third kappa shape index (κ3) is 1.77. The van der Waals surface area contributed by atoms with E-state index in [0.717, 1.165) is 21.3 Å². The standard InChI is InChI=1S/C11H9BrN2/c12-10-7-9(1-2-11(10)13)8-3-5-14-6-4-8/h1-7H,13H2. The monoisotopic (exact) mass is 248 g/mol. The van der Waals surface area contributed by atoms with Crippen molar-refractivity contribution < 1.29 is 0 Å². The predicted molar refractivity (Wildman–Crippen MR) is 61.8 cm³/mol. The number of halogens is 1. The molecular weight excluding hydrogens is 240 g/mol. The summed E-state index contributed by atoms with van der Waals surface area (Å²) < 4.78 is 0.923. The number of nitrogens with two attached hydrogens (primary N) is 1. The first-order valence-electron chi connectivity index (χ1n) is 4.23. The van der Waals surface area contributed by atoms with Crippen LogP contribution in [0.25, 0.3) is 11.1 Å².